The zero-order valence-corrected chi connectivity index (χ0v) is 10.5. The molecule has 0 saturated heterocycles. The quantitative estimate of drug-likeness (QED) is 0.941. The van der Waals surface area contributed by atoms with Crippen LogP contribution in [-0.2, 0) is 17.4 Å². The maximum atomic E-state index is 12.6. The van der Waals surface area contributed by atoms with Crippen LogP contribution >= 0.6 is 0 Å². The van der Waals surface area contributed by atoms with Gasteiger partial charge in [0.05, 0.1) is 22.7 Å². The molecule has 1 heterocycles. The second-order valence-electron chi connectivity index (χ2n) is 4.49. The average molecular weight is 284 g/mol. The number of rotatable bonds is 3. The number of halogens is 3. The molecule has 20 heavy (non-hydrogen) atoms. The molecule has 2 rings (SSSR count). The van der Waals surface area contributed by atoms with Crippen molar-refractivity contribution in [2.75, 3.05) is 0 Å². The highest BCUT2D eigenvalue weighted by Crippen LogP contribution is 2.31. The highest BCUT2D eigenvalue weighted by molar-refractivity contribution is 5.82. The number of hydrogen-bond donors (Lipinski definition) is 1. The van der Waals surface area contributed by atoms with Gasteiger partial charge in [-0.05, 0) is 12.1 Å². The normalized spacial score (nSPS) is 13.4. The SMILES string of the molecule is CC(Cc1ncnc2cc(C(F)(F)F)ccc12)C(=O)O. The highest BCUT2D eigenvalue weighted by Gasteiger charge is 2.30. The third-order valence-corrected chi connectivity index (χ3v) is 2.97. The Morgan fingerprint density at radius 2 is 2.05 bits per heavy atom. The monoisotopic (exact) mass is 284 g/mol. The lowest BCUT2D eigenvalue weighted by molar-refractivity contribution is -0.141. The van der Waals surface area contributed by atoms with Gasteiger partial charge < -0.3 is 5.11 Å². The van der Waals surface area contributed by atoms with E-state index in [0.29, 0.717) is 11.1 Å². The van der Waals surface area contributed by atoms with Crippen LogP contribution in [0, 0.1) is 5.92 Å². The fourth-order valence-corrected chi connectivity index (χ4v) is 1.83. The third-order valence-electron chi connectivity index (χ3n) is 2.97. The van der Waals surface area contributed by atoms with E-state index >= 15 is 0 Å². The van der Waals surface area contributed by atoms with Gasteiger partial charge in [0.25, 0.3) is 0 Å². The molecule has 1 atom stereocenters. The molecule has 0 aliphatic rings. The Kier molecular flexibility index (Phi) is 3.61. The van der Waals surface area contributed by atoms with E-state index in [1.807, 2.05) is 0 Å². The molecular formula is C13H11F3N2O2. The van der Waals surface area contributed by atoms with Crippen LogP contribution in [0.4, 0.5) is 13.2 Å². The van der Waals surface area contributed by atoms with Crippen LogP contribution in [0.3, 0.4) is 0 Å². The van der Waals surface area contributed by atoms with Crippen molar-refractivity contribution in [2.24, 2.45) is 5.92 Å². The van der Waals surface area contributed by atoms with Gasteiger partial charge in [0.1, 0.15) is 6.33 Å². The van der Waals surface area contributed by atoms with Gasteiger partial charge in [-0.15, -0.1) is 0 Å². The summed E-state index contributed by atoms with van der Waals surface area (Å²) >= 11 is 0. The van der Waals surface area contributed by atoms with Crippen LogP contribution < -0.4 is 0 Å². The number of alkyl halides is 3. The molecule has 7 heteroatoms. The van der Waals surface area contributed by atoms with Crippen molar-refractivity contribution in [1.29, 1.82) is 0 Å². The summed E-state index contributed by atoms with van der Waals surface area (Å²) < 4.78 is 37.8. The summed E-state index contributed by atoms with van der Waals surface area (Å²) in [6, 6.07) is 3.16. The Labute approximate surface area is 112 Å². The first-order valence-corrected chi connectivity index (χ1v) is 5.82. The van der Waals surface area contributed by atoms with E-state index in [2.05, 4.69) is 9.97 Å². The average Bonchev–Trinajstić information content (AvgIpc) is 2.37. The summed E-state index contributed by atoms with van der Waals surface area (Å²) in [7, 11) is 0. The summed E-state index contributed by atoms with van der Waals surface area (Å²) in [5.74, 6) is -1.65. The Morgan fingerprint density at radius 1 is 1.35 bits per heavy atom. The lowest BCUT2D eigenvalue weighted by Crippen LogP contribution is -2.13. The molecule has 0 radical (unpaired) electrons. The Hall–Kier alpha value is -2.18. The molecule has 0 saturated carbocycles. The summed E-state index contributed by atoms with van der Waals surface area (Å²) in [6.45, 7) is 1.51. The molecule has 0 aliphatic carbocycles. The Bertz CT molecular complexity index is 656. The number of carboxylic acids is 1. The van der Waals surface area contributed by atoms with Gasteiger partial charge >= 0.3 is 12.1 Å². The number of benzene rings is 1. The van der Waals surface area contributed by atoms with Gasteiger partial charge in [-0.25, -0.2) is 9.97 Å². The lowest BCUT2D eigenvalue weighted by Gasteiger charge is -2.10. The molecule has 0 spiro atoms. The number of carboxylic acid groups (broad SMARTS) is 1. The smallest absolute Gasteiger partial charge is 0.416 e. The maximum absolute atomic E-state index is 12.6. The third kappa shape index (κ3) is 2.87. The molecule has 1 unspecified atom stereocenters. The van der Waals surface area contributed by atoms with Gasteiger partial charge in [-0.1, -0.05) is 13.0 Å². The number of carbonyl (C=O) groups is 1. The van der Waals surface area contributed by atoms with Crippen molar-refractivity contribution < 1.29 is 23.1 Å². The van der Waals surface area contributed by atoms with Crippen molar-refractivity contribution in [2.45, 2.75) is 19.5 Å². The van der Waals surface area contributed by atoms with Crippen LogP contribution in [0.15, 0.2) is 24.5 Å². The molecule has 4 nitrogen and oxygen atoms in total. The fraction of sp³-hybridized carbons (Fsp3) is 0.308. The second-order valence-corrected chi connectivity index (χ2v) is 4.49. The standard InChI is InChI=1S/C13H11F3N2O2/c1-7(12(19)20)4-10-9-3-2-8(13(14,15)16)5-11(9)18-6-17-10/h2-3,5-7H,4H2,1H3,(H,19,20). The fourth-order valence-electron chi connectivity index (χ4n) is 1.83. The van der Waals surface area contributed by atoms with Crippen molar-refractivity contribution in [3.8, 4) is 0 Å². The molecule has 0 amide bonds. The van der Waals surface area contributed by atoms with E-state index in [1.165, 1.54) is 13.0 Å². The molecule has 1 N–H and O–H groups in total. The van der Waals surface area contributed by atoms with E-state index in [9.17, 15) is 18.0 Å². The van der Waals surface area contributed by atoms with Gasteiger partial charge in [-0.2, -0.15) is 13.2 Å². The minimum absolute atomic E-state index is 0.139. The number of aromatic nitrogens is 2. The number of aliphatic carboxylic acids is 1. The predicted molar refractivity (Wildman–Crippen MR) is 65.0 cm³/mol. The maximum Gasteiger partial charge on any atom is 0.416 e. The first kappa shape index (κ1) is 14.2. The Balaban J connectivity index is 2.46. The van der Waals surface area contributed by atoms with Crippen molar-refractivity contribution >= 4 is 16.9 Å². The van der Waals surface area contributed by atoms with Crippen molar-refractivity contribution in [1.82, 2.24) is 9.97 Å². The topological polar surface area (TPSA) is 63.1 Å². The number of hydrogen-bond acceptors (Lipinski definition) is 3. The van der Waals surface area contributed by atoms with Crippen molar-refractivity contribution in [3.05, 3.63) is 35.8 Å². The minimum atomic E-state index is -4.44. The molecule has 1 aromatic carbocycles. The zero-order valence-electron chi connectivity index (χ0n) is 10.5. The van der Waals surface area contributed by atoms with Crippen molar-refractivity contribution in [3.63, 3.8) is 0 Å². The van der Waals surface area contributed by atoms with Crippen LogP contribution in [0.1, 0.15) is 18.2 Å². The van der Waals surface area contributed by atoms with Gasteiger partial charge in [0, 0.05) is 11.8 Å². The second kappa shape index (κ2) is 5.07. The van der Waals surface area contributed by atoms with E-state index in [0.717, 1.165) is 18.5 Å². The summed E-state index contributed by atoms with van der Waals surface area (Å²) in [5.41, 5.74) is -0.207. The van der Waals surface area contributed by atoms with E-state index in [-0.39, 0.29) is 11.9 Å². The minimum Gasteiger partial charge on any atom is -0.481 e. The van der Waals surface area contributed by atoms with Crippen LogP contribution in [0.2, 0.25) is 0 Å². The molecule has 106 valence electrons. The highest BCUT2D eigenvalue weighted by atomic mass is 19.4. The zero-order chi connectivity index (χ0) is 14.9. The predicted octanol–water partition coefficient (Wildman–Crippen LogP) is 2.91. The van der Waals surface area contributed by atoms with E-state index in [4.69, 9.17) is 5.11 Å². The lowest BCUT2D eigenvalue weighted by atomic mass is 10.0. The summed E-state index contributed by atoms with van der Waals surface area (Å²) in [5, 5.41) is 9.31. The summed E-state index contributed by atoms with van der Waals surface area (Å²) in [6.07, 6.45) is -3.15. The molecule has 2 aromatic rings. The summed E-state index contributed by atoms with van der Waals surface area (Å²) in [4.78, 5) is 18.6. The molecule has 0 fully saturated rings. The van der Waals surface area contributed by atoms with Crippen LogP contribution in [0.25, 0.3) is 10.9 Å². The Morgan fingerprint density at radius 3 is 2.65 bits per heavy atom. The first-order valence-electron chi connectivity index (χ1n) is 5.82. The van der Waals surface area contributed by atoms with Gasteiger partial charge in [0.2, 0.25) is 0 Å². The van der Waals surface area contributed by atoms with E-state index < -0.39 is 23.6 Å². The van der Waals surface area contributed by atoms with E-state index in [1.54, 1.807) is 0 Å². The number of fused-ring (bicyclic) bond motifs is 1. The van der Waals surface area contributed by atoms with Crippen LogP contribution in [0.5, 0.6) is 0 Å². The van der Waals surface area contributed by atoms with Gasteiger partial charge in [-0.3, -0.25) is 4.79 Å². The molecule has 0 bridgehead atoms. The van der Waals surface area contributed by atoms with Crippen LogP contribution in [-0.4, -0.2) is 21.0 Å². The molecule has 1 aromatic heterocycles. The largest absolute Gasteiger partial charge is 0.481 e. The number of nitrogens with zero attached hydrogens (tertiary/aromatic N) is 2. The molecular weight excluding hydrogens is 273 g/mol. The van der Waals surface area contributed by atoms with Gasteiger partial charge in [0.15, 0.2) is 0 Å². The molecule has 0 aliphatic heterocycles. The first-order chi connectivity index (χ1) is 9.29.